The molecule has 0 unspecified atom stereocenters. The minimum absolute atomic E-state index is 0.0874. The first-order valence-electron chi connectivity index (χ1n) is 24.0. The molecule has 5 amide bonds. The number of carbonyl (C=O) groups excluding carboxylic acids is 5. The van der Waals surface area contributed by atoms with Gasteiger partial charge in [-0.3, -0.25) is 44.4 Å². The number of nitrogens with zero attached hydrogens (tertiary/aromatic N) is 10. The SMILES string of the molecule is CCN=C(/C=C(/C)N)C(=O)Nc1nc2cc(C(N)=O)cc(OC)c2n1C/C=C/Cn1c(NC(=O)c2cc(C)nn2CC)nc2cc(C(N)=O)cc(OC/C=C/CN3CCC(OC(=O)N(C)CCN(C)C)CC3)c21. The van der Waals surface area contributed by atoms with Crippen molar-refractivity contribution < 1.29 is 38.2 Å². The average molecular weight is 1010 g/mol. The summed E-state index contributed by atoms with van der Waals surface area (Å²) >= 11 is 0. The number of primary amides is 2. The van der Waals surface area contributed by atoms with Crippen LogP contribution in [0.1, 0.15) is 70.5 Å². The van der Waals surface area contributed by atoms with Crippen LogP contribution in [0.4, 0.5) is 16.7 Å². The van der Waals surface area contributed by atoms with Gasteiger partial charge in [-0.25, -0.2) is 14.8 Å². The third-order valence-corrected chi connectivity index (χ3v) is 11.8. The van der Waals surface area contributed by atoms with E-state index in [1.54, 1.807) is 58.7 Å². The van der Waals surface area contributed by atoms with Crippen molar-refractivity contribution in [2.24, 2.45) is 22.2 Å². The van der Waals surface area contributed by atoms with Crippen molar-refractivity contribution in [3.63, 3.8) is 0 Å². The van der Waals surface area contributed by atoms with E-state index < -0.39 is 23.6 Å². The van der Waals surface area contributed by atoms with Crippen molar-refractivity contribution in [2.75, 3.05) is 84.8 Å². The van der Waals surface area contributed by atoms with Gasteiger partial charge in [0.05, 0.1) is 23.8 Å². The maximum atomic E-state index is 13.9. The van der Waals surface area contributed by atoms with Crippen molar-refractivity contribution in [3.05, 3.63) is 88.9 Å². The summed E-state index contributed by atoms with van der Waals surface area (Å²) in [7, 11) is 7.11. The molecule has 0 bridgehead atoms. The summed E-state index contributed by atoms with van der Waals surface area (Å²) in [6.07, 6.45) is 9.95. The van der Waals surface area contributed by atoms with Gasteiger partial charge in [0.2, 0.25) is 23.7 Å². The molecule has 0 aliphatic carbocycles. The lowest BCUT2D eigenvalue weighted by Crippen LogP contribution is -2.41. The Bertz CT molecular complexity index is 2950. The number of methoxy groups -OCH3 is 1. The highest BCUT2D eigenvalue weighted by Crippen LogP contribution is 2.33. The van der Waals surface area contributed by atoms with Gasteiger partial charge >= 0.3 is 6.09 Å². The number of allylic oxidation sites excluding steroid dienone is 3. The maximum absolute atomic E-state index is 13.9. The molecule has 1 aliphatic heterocycles. The Balaban J connectivity index is 1.28. The highest BCUT2D eigenvalue weighted by molar-refractivity contribution is 6.47. The fourth-order valence-corrected chi connectivity index (χ4v) is 8.10. The lowest BCUT2D eigenvalue weighted by Gasteiger charge is -2.32. The number of ether oxygens (including phenoxy) is 3. The Kier molecular flexibility index (Phi) is 18.5. The van der Waals surface area contributed by atoms with Crippen molar-refractivity contribution in [1.82, 2.24) is 43.6 Å². The van der Waals surface area contributed by atoms with Gasteiger partial charge in [0, 0.05) is 82.8 Å². The number of anilines is 2. The van der Waals surface area contributed by atoms with Crippen molar-refractivity contribution in [3.8, 4) is 11.5 Å². The quantitative estimate of drug-likeness (QED) is 0.0458. The molecule has 8 N–H and O–H groups in total. The molecule has 0 spiro atoms. The van der Waals surface area contributed by atoms with E-state index >= 15 is 0 Å². The van der Waals surface area contributed by atoms with Gasteiger partial charge in [0.15, 0.2) is 0 Å². The molecule has 5 aromatic rings. The first-order valence-corrected chi connectivity index (χ1v) is 24.0. The van der Waals surface area contributed by atoms with Gasteiger partial charge in [0.25, 0.3) is 11.8 Å². The van der Waals surface area contributed by atoms with Crippen LogP contribution in [0.15, 0.2) is 71.4 Å². The molecule has 0 saturated carbocycles. The molecule has 23 nitrogen and oxygen atoms in total. The van der Waals surface area contributed by atoms with E-state index in [2.05, 4.69) is 30.6 Å². The smallest absolute Gasteiger partial charge is 0.409 e. The van der Waals surface area contributed by atoms with E-state index in [4.69, 9.17) is 36.4 Å². The van der Waals surface area contributed by atoms with Gasteiger partial charge < -0.3 is 50.3 Å². The monoisotopic (exact) mass is 1010 g/mol. The van der Waals surface area contributed by atoms with Crippen LogP contribution in [0.2, 0.25) is 0 Å². The zero-order valence-corrected chi connectivity index (χ0v) is 42.8. The number of likely N-dealkylation sites (tertiary alicyclic amines) is 1. The molecule has 1 fully saturated rings. The number of aliphatic imine (C=N–C) groups is 1. The van der Waals surface area contributed by atoms with Gasteiger partial charge in [-0.05, 0) is 91.0 Å². The molecule has 23 heteroatoms. The van der Waals surface area contributed by atoms with E-state index in [0.717, 1.165) is 32.5 Å². The number of aryl methyl sites for hydroxylation is 2. The van der Waals surface area contributed by atoms with E-state index in [9.17, 15) is 24.0 Å². The number of benzene rings is 2. The highest BCUT2D eigenvalue weighted by Gasteiger charge is 2.25. The molecule has 2 aromatic carbocycles. The van der Waals surface area contributed by atoms with Crippen molar-refractivity contribution in [1.29, 1.82) is 0 Å². The zero-order valence-electron chi connectivity index (χ0n) is 42.8. The highest BCUT2D eigenvalue weighted by atomic mass is 16.6. The number of aromatic nitrogens is 6. The fourth-order valence-electron chi connectivity index (χ4n) is 8.10. The Morgan fingerprint density at radius 2 is 1.40 bits per heavy atom. The van der Waals surface area contributed by atoms with Crippen LogP contribution in [0.3, 0.4) is 0 Å². The number of fused-ring (bicyclic) bond motifs is 2. The number of hydrogen-bond acceptors (Lipinski definition) is 15. The van der Waals surface area contributed by atoms with Crippen LogP contribution >= 0.6 is 0 Å². The number of hydrogen-bond donors (Lipinski definition) is 5. The predicted octanol–water partition coefficient (Wildman–Crippen LogP) is 3.92. The zero-order chi connectivity index (χ0) is 52.9. The Morgan fingerprint density at radius 1 is 0.808 bits per heavy atom. The van der Waals surface area contributed by atoms with Crippen LogP contribution in [-0.4, -0.2) is 159 Å². The molecule has 73 heavy (non-hydrogen) atoms. The standard InChI is InChI=1S/C50H67N15O8/c1-9-54-38(25-31(3)51)46(68)57-48-55-36-27-33(44(52)66)29-40(71-8)42(36)63(48)18-11-12-19-64-43-37(56-49(64)58-47(69)39-26-32(4)59-65(39)10-2)28-34(45(53)67)30-41(43)72-24-14-13-17-62-20-15-35(16-21-62)73-50(70)61(7)23-22-60(5)6/h11-14,25-30,35H,9-10,15-24,51H2,1-8H3,(H2,52,66)(H2,53,67)(H,55,57,68)(H,56,58,69)/b12-11+,14-13+,31-25-,54-38?. The number of piperidine rings is 1. The summed E-state index contributed by atoms with van der Waals surface area (Å²) < 4.78 is 22.9. The van der Waals surface area contributed by atoms with Crippen LogP contribution in [0.25, 0.3) is 22.1 Å². The Morgan fingerprint density at radius 3 is 1.96 bits per heavy atom. The molecule has 1 saturated heterocycles. The van der Waals surface area contributed by atoms with Gasteiger partial charge in [0.1, 0.15) is 46.6 Å². The minimum Gasteiger partial charge on any atom is -0.494 e. The number of nitrogens with two attached hydrogens (primary N) is 3. The van der Waals surface area contributed by atoms with E-state index in [1.807, 2.05) is 50.2 Å². The van der Waals surface area contributed by atoms with E-state index in [-0.39, 0.29) is 72.1 Å². The third kappa shape index (κ3) is 13.9. The van der Waals surface area contributed by atoms with Crippen LogP contribution < -0.4 is 37.3 Å². The van der Waals surface area contributed by atoms with Gasteiger partial charge in [-0.2, -0.15) is 5.10 Å². The normalized spacial score (nSPS) is 13.9. The molecule has 0 radical (unpaired) electrons. The maximum Gasteiger partial charge on any atom is 0.409 e. The molecule has 1 aliphatic rings. The Labute approximate surface area is 423 Å². The molecule has 0 atom stereocenters. The molecule has 390 valence electrons. The molecule has 4 heterocycles. The molecular weight excluding hydrogens is 939 g/mol. The lowest BCUT2D eigenvalue weighted by molar-refractivity contribution is -0.110. The van der Waals surface area contributed by atoms with Crippen LogP contribution in [-0.2, 0) is 29.2 Å². The summed E-state index contributed by atoms with van der Waals surface area (Å²) in [6, 6.07) is 7.77. The van der Waals surface area contributed by atoms with Crippen LogP contribution in [0, 0.1) is 6.92 Å². The number of imidazole rings is 2. The average Bonchev–Trinajstić information content (AvgIpc) is 4.03. The summed E-state index contributed by atoms with van der Waals surface area (Å²) in [5, 5.41) is 10.2. The minimum atomic E-state index is -0.699. The number of carbonyl (C=O) groups is 5. The first-order chi connectivity index (χ1) is 34.9. The number of likely N-dealkylation sites (N-methyl/N-ethyl adjacent to an activating group) is 2. The largest absolute Gasteiger partial charge is 0.494 e. The third-order valence-electron chi connectivity index (χ3n) is 11.8. The van der Waals surface area contributed by atoms with Crippen molar-refractivity contribution in [2.45, 2.75) is 66.3 Å². The summed E-state index contributed by atoms with van der Waals surface area (Å²) in [6.45, 7) is 11.7. The number of rotatable bonds is 23. The first kappa shape index (κ1) is 54.3. The second kappa shape index (κ2) is 24.9. The van der Waals surface area contributed by atoms with Crippen molar-refractivity contribution >= 4 is 69.4 Å². The topological polar surface area (TPSA) is 291 Å². The molecule has 3 aromatic heterocycles. The summed E-state index contributed by atoms with van der Waals surface area (Å²) in [4.78, 5) is 84.8. The lowest BCUT2D eigenvalue weighted by atomic mass is 10.1. The number of amides is 5. The second-order valence-electron chi connectivity index (χ2n) is 17.7. The van der Waals surface area contributed by atoms with E-state index in [1.165, 1.54) is 31.4 Å². The van der Waals surface area contributed by atoms with E-state index in [0.29, 0.717) is 65.3 Å². The summed E-state index contributed by atoms with van der Waals surface area (Å²) in [5.74, 6) is -1.58. The van der Waals surface area contributed by atoms with Gasteiger partial charge in [-0.15, -0.1) is 0 Å². The van der Waals surface area contributed by atoms with Gasteiger partial charge in [-0.1, -0.05) is 24.3 Å². The molecular formula is C50H67N15O8. The fraction of sp³-hybridized carbons (Fsp3) is 0.420. The Hall–Kier alpha value is -8.05. The molecule has 6 rings (SSSR count). The second-order valence-corrected chi connectivity index (χ2v) is 17.7. The number of nitrogens with one attached hydrogen (secondary N) is 2. The predicted molar refractivity (Wildman–Crippen MR) is 279 cm³/mol. The summed E-state index contributed by atoms with van der Waals surface area (Å²) in [5.41, 5.74) is 20.7. The van der Waals surface area contributed by atoms with Crippen LogP contribution in [0.5, 0.6) is 11.5 Å².